The van der Waals surface area contributed by atoms with Gasteiger partial charge in [0.05, 0.1) is 25.4 Å². The van der Waals surface area contributed by atoms with E-state index in [9.17, 15) is 5.11 Å². The van der Waals surface area contributed by atoms with Gasteiger partial charge in [0.1, 0.15) is 0 Å². The Hall–Kier alpha value is -0.160. The number of aliphatic hydroxyl groups is 2. The molecule has 0 heterocycles. The summed E-state index contributed by atoms with van der Waals surface area (Å²) >= 11 is 0. The molecule has 0 amide bonds. The summed E-state index contributed by atoms with van der Waals surface area (Å²) in [6.45, 7) is 6.76. The van der Waals surface area contributed by atoms with Gasteiger partial charge in [0, 0.05) is 12.6 Å². The van der Waals surface area contributed by atoms with Crippen molar-refractivity contribution in [3.63, 3.8) is 0 Å². The van der Waals surface area contributed by atoms with Crippen LogP contribution in [-0.4, -0.2) is 48.2 Å². The normalized spacial score (nSPS) is 16.2. The highest BCUT2D eigenvalue weighted by molar-refractivity contribution is 4.61. The summed E-state index contributed by atoms with van der Waals surface area (Å²) in [6, 6.07) is 0.367. The Bertz CT molecular complexity index is 117. The molecule has 0 rings (SSSR count). The quantitative estimate of drug-likeness (QED) is 0.519. The van der Waals surface area contributed by atoms with Crippen LogP contribution in [-0.2, 0) is 4.74 Å². The van der Waals surface area contributed by atoms with Crippen molar-refractivity contribution in [3.05, 3.63) is 0 Å². The molecule has 0 aromatic carbocycles. The van der Waals surface area contributed by atoms with Crippen LogP contribution in [0.4, 0.5) is 0 Å². The molecule has 0 aliphatic carbocycles. The number of aliphatic hydroxyl groups excluding tert-OH is 2. The molecule has 0 aromatic heterocycles. The lowest BCUT2D eigenvalue weighted by Crippen LogP contribution is -2.34. The summed E-state index contributed by atoms with van der Waals surface area (Å²) in [5.41, 5.74) is 0. The molecule has 13 heavy (non-hydrogen) atoms. The monoisotopic (exact) mass is 191 g/mol. The lowest BCUT2D eigenvalue weighted by molar-refractivity contribution is -0.00189. The van der Waals surface area contributed by atoms with E-state index >= 15 is 0 Å². The molecular weight excluding hydrogens is 170 g/mol. The lowest BCUT2D eigenvalue weighted by Gasteiger charge is -2.14. The fourth-order valence-electron chi connectivity index (χ4n) is 0.805. The van der Waals surface area contributed by atoms with Gasteiger partial charge in [-0.15, -0.1) is 0 Å². The van der Waals surface area contributed by atoms with Gasteiger partial charge < -0.3 is 20.3 Å². The van der Waals surface area contributed by atoms with E-state index in [0.717, 1.165) is 0 Å². The zero-order valence-corrected chi connectivity index (χ0v) is 8.66. The van der Waals surface area contributed by atoms with Crippen molar-refractivity contribution in [1.82, 2.24) is 5.32 Å². The van der Waals surface area contributed by atoms with Gasteiger partial charge in [0.25, 0.3) is 0 Å². The van der Waals surface area contributed by atoms with Gasteiger partial charge in [-0.1, -0.05) is 13.8 Å². The third-order valence-electron chi connectivity index (χ3n) is 1.43. The first kappa shape index (κ1) is 12.8. The molecular formula is C9H21NO3. The minimum absolute atomic E-state index is 0.268. The molecule has 80 valence electrons. The van der Waals surface area contributed by atoms with Crippen molar-refractivity contribution in [2.24, 2.45) is 0 Å². The van der Waals surface area contributed by atoms with E-state index in [1.54, 1.807) is 6.92 Å². The zero-order chi connectivity index (χ0) is 10.3. The van der Waals surface area contributed by atoms with Crippen molar-refractivity contribution in [2.75, 3.05) is 19.8 Å². The molecule has 0 spiro atoms. The Kier molecular flexibility index (Phi) is 7.17. The zero-order valence-electron chi connectivity index (χ0n) is 8.66. The van der Waals surface area contributed by atoms with E-state index in [0.29, 0.717) is 12.6 Å². The molecule has 2 unspecified atom stereocenters. The second kappa shape index (κ2) is 7.26. The Balaban J connectivity index is 3.25. The number of ether oxygens (including phenoxy) is 1. The Morgan fingerprint density at radius 2 is 1.77 bits per heavy atom. The Morgan fingerprint density at radius 1 is 1.15 bits per heavy atom. The average Bonchev–Trinajstić information content (AvgIpc) is 2.00. The van der Waals surface area contributed by atoms with E-state index in [4.69, 9.17) is 9.84 Å². The highest BCUT2D eigenvalue weighted by atomic mass is 16.5. The number of hydrogen-bond acceptors (Lipinski definition) is 4. The SMILES string of the molecule is CC(O)COCC(O)CNC(C)C. The van der Waals surface area contributed by atoms with Crippen LogP contribution >= 0.6 is 0 Å². The molecule has 4 nitrogen and oxygen atoms in total. The van der Waals surface area contributed by atoms with Gasteiger partial charge in [0.2, 0.25) is 0 Å². The first-order chi connectivity index (χ1) is 6.02. The summed E-state index contributed by atoms with van der Waals surface area (Å²) in [5.74, 6) is 0. The predicted octanol–water partition coefficient (Wildman–Crippen LogP) is -0.257. The summed E-state index contributed by atoms with van der Waals surface area (Å²) in [7, 11) is 0. The highest BCUT2D eigenvalue weighted by Gasteiger charge is 2.05. The van der Waals surface area contributed by atoms with Crippen molar-refractivity contribution in [1.29, 1.82) is 0 Å². The molecule has 0 saturated heterocycles. The van der Waals surface area contributed by atoms with Crippen LogP contribution < -0.4 is 5.32 Å². The van der Waals surface area contributed by atoms with Gasteiger partial charge in [-0.25, -0.2) is 0 Å². The largest absolute Gasteiger partial charge is 0.391 e. The lowest BCUT2D eigenvalue weighted by atomic mass is 10.3. The molecule has 0 saturated carbocycles. The van der Waals surface area contributed by atoms with Crippen LogP contribution in [0, 0.1) is 0 Å². The second-order valence-electron chi connectivity index (χ2n) is 3.60. The minimum Gasteiger partial charge on any atom is -0.391 e. The van der Waals surface area contributed by atoms with E-state index in [-0.39, 0.29) is 13.2 Å². The molecule has 0 fully saturated rings. The number of hydrogen-bond donors (Lipinski definition) is 3. The highest BCUT2D eigenvalue weighted by Crippen LogP contribution is 1.88. The van der Waals surface area contributed by atoms with E-state index in [2.05, 4.69) is 5.32 Å². The minimum atomic E-state index is -0.499. The maximum atomic E-state index is 9.34. The average molecular weight is 191 g/mol. The molecule has 0 aliphatic rings. The molecule has 2 atom stereocenters. The predicted molar refractivity (Wildman–Crippen MR) is 51.6 cm³/mol. The standard InChI is InChI=1S/C9H21NO3/c1-7(2)10-4-9(12)6-13-5-8(3)11/h7-12H,4-6H2,1-3H3. The summed E-state index contributed by atoms with van der Waals surface area (Å²) in [4.78, 5) is 0. The van der Waals surface area contributed by atoms with Crippen LogP contribution in [0.2, 0.25) is 0 Å². The summed E-state index contributed by atoms with van der Waals surface area (Å²) in [5, 5.41) is 21.3. The topological polar surface area (TPSA) is 61.7 Å². The van der Waals surface area contributed by atoms with E-state index in [1.165, 1.54) is 0 Å². The third kappa shape index (κ3) is 9.76. The van der Waals surface area contributed by atoms with Crippen LogP contribution in [0.15, 0.2) is 0 Å². The van der Waals surface area contributed by atoms with Crippen LogP contribution in [0.25, 0.3) is 0 Å². The second-order valence-corrected chi connectivity index (χ2v) is 3.60. The Labute approximate surface area is 79.9 Å². The van der Waals surface area contributed by atoms with Gasteiger partial charge in [-0.3, -0.25) is 0 Å². The van der Waals surface area contributed by atoms with Crippen LogP contribution in [0.5, 0.6) is 0 Å². The molecule has 4 heteroatoms. The smallest absolute Gasteiger partial charge is 0.0897 e. The fourth-order valence-corrected chi connectivity index (χ4v) is 0.805. The molecule has 0 aliphatic heterocycles. The molecule has 0 aromatic rings. The van der Waals surface area contributed by atoms with Crippen molar-refractivity contribution in [2.45, 2.75) is 39.0 Å². The first-order valence-corrected chi connectivity index (χ1v) is 4.69. The molecule has 3 N–H and O–H groups in total. The van der Waals surface area contributed by atoms with Gasteiger partial charge >= 0.3 is 0 Å². The van der Waals surface area contributed by atoms with E-state index in [1.807, 2.05) is 13.8 Å². The third-order valence-corrected chi connectivity index (χ3v) is 1.43. The number of rotatable bonds is 7. The van der Waals surface area contributed by atoms with Gasteiger partial charge in [-0.2, -0.15) is 0 Å². The van der Waals surface area contributed by atoms with Crippen molar-refractivity contribution < 1.29 is 14.9 Å². The number of nitrogens with one attached hydrogen (secondary N) is 1. The van der Waals surface area contributed by atoms with Crippen LogP contribution in [0.3, 0.4) is 0 Å². The maximum absolute atomic E-state index is 9.34. The van der Waals surface area contributed by atoms with Gasteiger partial charge in [0.15, 0.2) is 0 Å². The maximum Gasteiger partial charge on any atom is 0.0897 e. The van der Waals surface area contributed by atoms with E-state index < -0.39 is 12.2 Å². The van der Waals surface area contributed by atoms with Crippen molar-refractivity contribution in [3.8, 4) is 0 Å². The summed E-state index contributed by atoms with van der Waals surface area (Å²) < 4.78 is 5.05. The fraction of sp³-hybridized carbons (Fsp3) is 1.00. The van der Waals surface area contributed by atoms with Crippen molar-refractivity contribution >= 4 is 0 Å². The van der Waals surface area contributed by atoms with Gasteiger partial charge in [-0.05, 0) is 6.92 Å². The molecule has 0 radical (unpaired) electrons. The summed E-state index contributed by atoms with van der Waals surface area (Å²) in [6.07, 6.45) is -0.966. The van der Waals surface area contributed by atoms with Crippen LogP contribution in [0.1, 0.15) is 20.8 Å². The molecule has 0 bridgehead atoms. The Morgan fingerprint density at radius 3 is 2.23 bits per heavy atom. The first-order valence-electron chi connectivity index (χ1n) is 4.69.